The van der Waals surface area contributed by atoms with Crippen LogP contribution in [0.3, 0.4) is 0 Å². The highest BCUT2D eigenvalue weighted by Gasteiger charge is 2.34. The maximum Gasteiger partial charge on any atom is 0.225 e. The lowest BCUT2D eigenvalue weighted by Gasteiger charge is -2.27. The number of hydrogen-bond acceptors (Lipinski definition) is 2. The normalized spacial score (nSPS) is 26.5. The first kappa shape index (κ1) is 13.7. The predicted molar refractivity (Wildman–Crippen MR) is 60.5 cm³/mol. The van der Waals surface area contributed by atoms with E-state index in [1.54, 1.807) is 0 Å². The van der Waals surface area contributed by atoms with Crippen LogP contribution in [0, 0.1) is 5.92 Å². The Labute approximate surface area is 92.4 Å². The number of likely N-dealkylation sites (tertiary alicyclic amines) is 1. The Morgan fingerprint density at radius 3 is 2.57 bits per heavy atom. The summed E-state index contributed by atoms with van der Waals surface area (Å²) in [6.07, 6.45) is 1.93. The van der Waals surface area contributed by atoms with Gasteiger partial charge in [0.1, 0.15) is 0 Å². The summed E-state index contributed by atoms with van der Waals surface area (Å²) >= 11 is 0. The van der Waals surface area contributed by atoms with Crippen molar-refractivity contribution in [3.8, 4) is 0 Å². The van der Waals surface area contributed by atoms with Crippen molar-refractivity contribution in [1.82, 2.24) is 4.90 Å². The van der Waals surface area contributed by atoms with Crippen molar-refractivity contribution in [2.75, 3.05) is 6.54 Å². The zero-order chi connectivity index (χ0) is 10.0. The molecule has 3 nitrogen and oxygen atoms in total. The van der Waals surface area contributed by atoms with Gasteiger partial charge in [-0.05, 0) is 12.8 Å². The molecule has 0 aromatic heterocycles. The molecule has 2 atom stereocenters. The van der Waals surface area contributed by atoms with E-state index in [4.69, 9.17) is 5.73 Å². The van der Waals surface area contributed by atoms with Crippen LogP contribution in [0.25, 0.3) is 0 Å². The minimum absolute atomic E-state index is 0. The number of amides is 1. The van der Waals surface area contributed by atoms with Crippen LogP contribution in [0.5, 0.6) is 0 Å². The number of nitrogens with two attached hydrogens (primary N) is 1. The van der Waals surface area contributed by atoms with Crippen molar-refractivity contribution in [1.29, 1.82) is 0 Å². The monoisotopic (exact) mass is 220 g/mol. The molecule has 1 amide bonds. The molecule has 14 heavy (non-hydrogen) atoms. The SMILES string of the molecule is CCC1C(N)CCN1C(=O)C(C)C.Cl. The molecule has 2 N–H and O–H groups in total. The van der Waals surface area contributed by atoms with E-state index >= 15 is 0 Å². The highest BCUT2D eigenvalue weighted by Crippen LogP contribution is 2.21. The lowest BCUT2D eigenvalue weighted by atomic mass is 10.1. The largest absolute Gasteiger partial charge is 0.338 e. The second-order valence-electron chi connectivity index (χ2n) is 4.11. The van der Waals surface area contributed by atoms with Crippen molar-refractivity contribution in [2.45, 2.75) is 45.7 Å². The van der Waals surface area contributed by atoms with Gasteiger partial charge in [-0.3, -0.25) is 4.79 Å². The molecule has 0 bridgehead atoms. The molecule has 0 spiro atoms. The van der Waals surface area contributed by atoms with Gasteiger partial charge in [-0.15, -0.1) is 12.4 Å². The van der Waals surface area contributed by atoms with Crippen LogP contribution in [0.4, 0.5) is 0 Å². The summed E-state index contributed by atoms with van der Waals surface area (Å²) in [6.45, 7) is 6.82. The van der Waals surface area contributed by atoms with Gasteiger partial charge in [-0.2, -0.15) is 0 Å². The Morgan fingerprint density at radius 1 is 1.57 bits per heavy atom. The van der Waals surface area contributed by atoms with Crippen LogP contribution in [0.15, 0.2) is 0 Å². The van der Waals surface area contributed by atoms with E-state index in [0.29, 0.717) is 0 Å². The molecule has 0 aromatic carbocycles. The molecular formula is C10H21ClN2O. The van der Waals surface area contributed by atoms with E-state index in [2.05, 4.69) is 6.92 Å². The lowest BCUT2D eigenvalue weighted by Crippen LogP contribution is -2.43. The summed E-state index contributed by atoms with van der Waals surface area (Å²) in [7, 11) is 0. The maximum atomic E-state index is 11.7. The van der Waals surface area contributed by atoms with Crippen molar-refractivity contribution < 1.29 is 4.79 Å². The fourth-order valence-electron chi connectivity index (χ4n) is 2.01. The van der Waals surface area contributed by atoms with Crippen LogP contribution in [0.1, 0.15) is 33.6 Å². The molecule has 0 aromatic rings. The second-order valence-corrected chi connectivity index (χ2v) is 4.11. The average Bonchev–Trinajstić information content (AvgIpc) is 2.45. The maximum absolute atomic E-state index is 11.7. The molecule has 4 heteroatoms. The second kappa shape index (κ2) is 5.56. The lowest BCUT2D eigenvalue weighted by molar-refractivity contribution is -0.135. The van der Waals surface area contributed by atoms with Crippen LogP contribution < -0.4 is 5.73 Å². The first-order valence-corrected chi connectivity index (χ1v) is 5.14. The predicted octanol–water partition coefficient (Wildman–Crippen LogP) is 1.40. The quantitative estimate of drug-likeness (QED) is 0.765. The molecule has 84 valence electrons. The van der Waals surface area contributed by atoms with Crippen LogP contribution >= 0.6 is 12.4 Å². The number of carbonyl (C=O) groups is 1. The molecule has 1 heterocycles. The molecule has 1 saturated heterocycles. The third-order valence-electron chi connectivity index (χ3n) is 2.79. The highest BCUT2D eigenvalue weighted by molar-refractivity contribution is 5.85. The van der Waals surface area contributed by atoms with E-state index in [-0.39, 0.29) is 36.3 Å². The zero-order valence-corrected chi connectivity index (χ0v) is 10.0. The van der Waals surface area contributed by atoms with E-state index in [1.165, 1.54) is 0 Å². The number of hydrogen-bond donors (Lipinski definition) is 1. The molecule has 0 aliphatic carbocycles. The van der Waals surface area contributed by atoms with Gasteiger partial charge in [0.25, 0.3) is 0 Å². The van der Waals surface area contributed by atoms with Gasteiger partial charge in [0, 0.05) is 24.5 Å². The summed E-state index contributed by atoms with van der Waals surface area (Å²) in [4.78, 5) is 13.7. The van der Waals surface area contributed by atoms with Crippen LogP contribution in [-0.4, -0.2) is 29.4 Å². The van der Waals surface area contributed by atoms with Crippen LogP contribution in [-0.2, 0) is 4.79 Å². The summed E-state index contributed by atoms with van der Waals surface area (Å²) in [5.74, 6) is 0.346. The highest BCUT2D eigenvalue weighted by atomic mass is 35.5. The third kappa shape index (κ3) is 2.61. The Kier molecular flexibility index (Phi) is 5.45. The Bertz CT molecular complexity index is 197. The van der Waals surface area contributed by atoms with E-state index < -0.39 is 0 Å². The van der Waals surface area contributed by atoms with Crippen molar-refractivity contribution in [3.63, 3.8) is 0 Å². The van der Waals surface area contributed by atoms with Gasteiger partial charge >= 0.3 is 0 Å². The molecule has 1 fully saturated rings. The average molecular weight is 221 g/mol. The van der Waals surface area contributed by atoms with Crippen molar-refractivity contribution >= 4 is 18.3 Å². The number of nitrogens with zero attached hydrogens (tertiary/aromatic N) is 1. The Hall–Kier alpha value is -0.280. The summed E-state index contributed by atoms with van der Waals surface area (Å²) in [5, 5.41) is 0. The molecule has 1 aliphatic heterocycles. The molecule has 1 aliphatic rings. The number of rotatable bonds is 2. The fraction of sp³-hybridized carbons (Fsp3) is 0.900. The van der Waals surface area contributed by atoms with E-state index in [1.807, 2.05) is 18.7 Å². The number of halogens is 1. The summed E-state index contributed by atoms with van der Waals surface area (Å²) < 4.78 is 0. The molecule has 0 saturated carbocycles. The van der Waals surface area contributed by atoms with E-state index in [0.717, 1.165) is 19.4 Å². The Balaban J connectivity index is 0.00000169. The van der Waals surface area contributed by atoms with Gasteiger partial charge in [0.2, 0.25) is 5.91 Å². The van der Waals surface area contributed by atoms with Crippen LogP contribution in [0.2, 0.25) is 0 Å². The van der Waals surface area contributed by atoms with Crippen molar-refractivity contribution in [2.24, 2.45) is 11.7 Å². The first-order chi connectivity index (χ1) is 6.07. The topological polar surface area (TPSA) is 46.3 Å². The summed E-state index contributed by atoms with van der Waals surface area (Å²) in [6, 6.07) is 0.461. The van der Waals surface area contributed by atoms with Gasteiger partial charge in [-0.25, -0.2) is 0 Å². The summed E-state index contributed by atoms with van der Waals surface area (Å²) in [5.41, 5.74) is 5.92. The molecular weight excluding hydrogens is 200 g/mol. The van der Waals surface area contributed by atoms with Gasteiger partial charge in [0.05, 0.1) is 0 Å². The van der Waals surface area contributed by atoms with Gasteiger partial charge in [0.15, 0.2) is 0 Å². The van der Waals surface area contributed by atoms with Gasteiger partial charge < -0.3 is 10.6 Å². The minimum atomic E-state index is 0. The third-order valence-corrected chi connectivity index (χ3v) is 2.79. The van der Waals surface area contributed by atoms with Crippen molar-refractivity contribution in [3.05, 3.63) is 0 Å². The Morgan fingerprint density at radius 2 is 2.14 bits per heavy atom. The molecule has 2 unspecified atom stereocenters. The standard InChI is InChI=1S/C10H20N2O.ClH/c1-4-9-8(11)5-6-12(9)10(13)7(2)3;/h7-9H,4-6,11H2,1-3H3;1H. The van der Waals surface area contributed by atoms with E-state index in [9.17, 15) is 4.79 Å². The zero-order valence-electron chi connectivity index (χ0n) is 9.19. The molecule has 1 rings (SSSR count). The fourth-order valence-corrected chi connectivity index (χ4v) is 2.01. The smallest absolute Gasteiger partial charge is 0.225 e. The molecule has 0 radical (unpaired) electrons. The van der Waals surface area contributed by atoms with Gasteiger partial charge in [-0.1, -0.05) is 20.8 Å². The number of carbonyl (C=O) groups excluding carboxylic acids is 1. The first-order valence-electron chi connectivity index (χ1n) is 5.14. The minimum Gasteiger partial charge on any atom is -0.338 e.